The summed E-state index contributed by atoms with van der Waals surface area (Å²) in [7, 11) is 2.88. The van der Waals surface area contributed by atoms with Gasteiger partial charge in [0.2, 0.25) is 0 Å². The molecule has 1 saturated heterocycles. The highest BCUT2D eigenvalue weighted by molar-refractivity contribution is 6.46. The maximum atomic E-state index is 13.4. The molecule has 1 aromatic heterocycles. The van der Waals surface area contributed by atoms with Crippen LogP contribution < -0.4 is 4.74 Å². The van der Waals surface area contributed by atoms with Crippen LogP contribution in [0.15, 0.2) is 90.8 Å². The number of pyridine rings is 1. The van der Waals surface area contributed by atoms with Gasteiger partial charge in [0.15, 0.2) is 0 Å². The molecule has 0 spiro atoms. The van der Waals surface area contributed by atoms with E-state index in [1.807, 2.05) is 24.3 Å². The van der Waals surface area contributed by atoms with Crippen molar-refractivity contribution in [2.24, 2.45) is 0 Å². The van der Waals surface area contributed by atoms with E-state index in [1.165, 1.54) is 12.0 Å². The van der Waals surface area contributed by atoms with E-state index in [2.05, 4.69) is 4.98 Å². The Morgan fingerprint density at radius 3 is 2.34 bits per heavy atom. The normalized spacial score (nSPS) is 16.6. The maximum absolute atomic E-state index is 13.4. The molecular weight excluding hydrogens is 484 g/mol. The Bertz CT molecular complexity index is 1580. The second-order valence-electron chi connectivity index (χ2n) is 8.83. The zero-order valence-corrected chi connectivity index (χ0v) is 20.8. The van der Waals surface area contributed by atoms with Crippen LogP contribution in [0.25, 0.3) is 16.5 Å². The second kappa shape index (κ2) is 10.2. The van der Waals surface area contributed by atoms with Gasteiger partial charge < -0.3 is 19.5 Å². The van der Waals surface area contributed by atoms with Crippen molar-refractivity contribution in [1.29, 1.82) is 0 Å². The van der Waals surface area contributed by atoms with Gasteiger partial charge in [-0.15, -0.1) is 0 Å². The summed E-state index contributed by atoms with van der Waals surface area (Å²) in [4.78, 5) is 44.1. The van der Waals surface area contributed by atoms with Crippen molar-refractivity contribution >= 4 is 34.2 Å². The Labute approximate surface area is 218 Å². The predicted octanol–water partition coefficient (Wildman–Crippen LogP) is 4.65. The number of carbonyl (C=O) groups is 3. The fourth-order valence-electron chi connectivity index (χ4n) is 4.65. The van der Waals surface area contributed by atoms with Gasteiger partial charge in [-0.25, -0.2) is 4.79 Å². The Balaban J connectivity index is 1.63. The first-order valence-electron chi connectivity index (χ1n) is 11.8. The minimum atomic E-state index is -0.881. The van der Waals surface area contributed by atoms with Gasteiger partial charge in [-0.1, -0.05) is 36.4 Å². The highest BCUT2D eigenvalue weighted by atomic mass is 16.5. The smallest absolute Gasteiger partial charge is 0.337 e. The van der Waals surface area contributed by atoms with Crippen molar-refractivity contribution < 1.29 is 29.0 Å². The molecule has 190 valence electrons. The van der Waals surface area contributed by atoms with Crippen molar-refractivity contribution in [1.82, 2.24) is 9.88 Å². The third kappa shape index (κ3) is 4.48. The van der Waals surface area contributed by atoms with Crippen LogP contribution in [0.3, 0.4) is 0 Å². The molecule has 0 saturated carbocycles. The molecule has 1 fully saturated rings. The number of likely N-dealkylation sites (tertiary alicyclic amines) is 1. The van der Waals surface area contributed by atoms with Crippen LogP contribution in [-0.4, -0.2) is 46.9 Å². The largest absolute Gasteiger partial charge is 0.507 e. The first-order chi connectivity index (χ1) is 18.4. The van der Waals surface area contributed by atoms with E-state index in [1.54, 1.807) is 68.0 Å². The van der Waals surface area contributed by atoms with Crippen LogP contribution in [0, 0.1) is 0 Å². The van der Waals surface area contributed by atoms with Crippen molar-refractivity contribution in [3.05, 3.63) is 113 Å². The van der Waals surface area contributed by atoms with Gasteiger partial charge in [-0.2, -0.15) is 0 Å². The molecule has 0 radical (unpaired) electrons. The van der Waals surface area contributed by atoms with E-state index in [-0.39, 0.29) is 17.9 Å². The molecule has 1 aliphatic rings. The summed E-state index contributed by atoms with van der Waals surface area (Å²) in [6.07, 6.45) is 3.24. The lowest BCUT2D eigenvalue weighted by Crippen LogP contribution is -2.29. The average molecular weight is 509 g/mol. The minimum Gasteiger partial charge on any atom is -0.507 e. The highest BCUT2D eigenvalue weighted by Gasteiger charge is 2.46. The molecule has 1 aliphatic heterocycles. The topological polar surface area (TPSA) is 106 Å². The van der Waals surface area contributed by atoms with Crippen LogP contribution in [-0.2, 0) is 20.9 Å². The maximum Gasteiger partial charge on any atom is 0.337 e. The van der Waals surface area contributed by atoms with Gasteiger partial charge in [0.05, 0.1) is 31.4 Å². The average Bonchev–Trinajstić information content (AvgIpc) is 3.21. The number of aliphatic hydroxyl groups excluding tert-OH is 1. The molecule has 1 atom stereocenters. The molecule has 0 bridgehead atoms. The lowest BCUT2D eigenvalue weighted by molar-refractivity contribution is -0.140. The summed E-state index contributed by atoms with van der Waals surface area (Å²) < 4.78 is 10.1. The van der Waals surface area contributed by atoms with Crippen LogP contribution in [0.5, 0.6) is 5.75 Å². The lowest BCUT2D eigenvalue weighted by Gasteiger charge is -2.25. The Kier molecular flexibility index (Phi) is 6.62. The lowest BCUT2D eigenvalue weighted by atomic mass is 9.94. The number of fused-ring (bicyclic) bond motifs is 1. The minimum absolute atomic E-state index is 0.0300. The second-order valence-corrected chi connectivity index (χ2v) is 8.83. The molecule has 8 nitrogen and oxygen atoms in total. The summed E-state index contributed by atoms with van der Waals surface area (Å²) in [5.41, 5.74) is 1.99. The van der Waals surface area contributed by atoms with Gasteiger partial charge in [-0.05, 0) is 58.3 Å². The highest BCUT2D eigenvalue weighted by Crippen LogP contribution is 2.40. The number of hydrogen-bond donors (Lipinski definition) is 1. The number of amides is 1. The Morgan fingerprint density at radius 2 is 1.66 bits per heavy atom. The summed E-state index contributed by atoms with van der Waals surface area (Å²) in [6, 6.07) is 19.9. The molecule has 1 unspecified atom stereocenters. The monoisotopic (exact) mass is 508 g/mol. The number of rotatable bonds is 6. The molecule has 5 rings (SSSR count). The molecule has 0 aliphatic carbocycles. The number of ether oxygens (including phenoxy) is 2. The summed E-state index contributed by atoms with van der Waals surface area (Å²) >= 11 is 0. The first kappa shape index (κ1) is 24.7. The number of ketones is 1. The molecule has 1 N–H and O–H groups in total. The third-order valence-corrected chi connectivity index (χ3v) is 6.58. The molecule has 8 heteroatoms. The van der Waals surface area contributed by atoms with E-state index in [4.69, 9.17) is 9.47 Å². The van der Waals surface area contributed by atoms with Gasteiger partial charge >= 0.3 is 5.97 Å². The van der Waals surface area contributed by atoms with E-state index >= 15 is 0 Å². The van der Waals surface area contributed by atoms with Gasteiger partial charge in [0.1, 0.15) is 11.5 Å². The van der Waals surface area contributed by atoms with Crippen LogP contribution >= 0.6 is 0 Å². The van der Waals surface area contributed by atoms with E-state index < -0.39 is 23.7 Å². The molecular formula is C30H24N2O6. The Hall–Kier alpha value is -4.98. The number of nitrogens with zero attached hydrogens (tertiary/aromatic N) is 2. The predicted molar refractivity (Wildman–Crippen MR) is 140 cm³/mol. The van der Waals surface area contributed by atoms with Crippen molar-refractivity contribution in [2.45, 2.75) is 12.6 Å². The van der Waals surface area contributed by atoms with E-state index in [0.29, 0.717) is 22.4 Å². The number of aromatic nitrogens is 1. The third-order valence-electron chi connectivity index (χ3n) is 6.58. The van der Waals surface area contributed by atoms with E-state index in [9.17, 15) is 19.5 Å². The van der Waals surface area contributed by atoms with Crippen molar-refractivity contribution in [2.75, 3.05) is 14.2 Å². The Morgan fingerprint density at radius 1 is 0.947 bits per heavy atom. The van der Waals surface area contributed by atoms with E-state index in [0.717, 1.165) is 16.3 Å². The number of benzene rings is 3. The van der Waals surface area contributed by atoms with Crippen molar-refractivity contribution in [3.8, 4) is 5.75 Å². The molecule has 38 heavy (non-hydrogen) atoms. The number of aliphatic hydroxyl groups is 1. The number of carbonyl (C=O) groups excluding carboxylic acids is 3. The van der Waals surface area contributed by atoms with Gasteiger partial charge in [0, 0.05) is 24.5 Å². The molecule has 3 aromatic carbocycles. The number of Topliss-reactive ketones (excluding diaryl/α,β-unsaturated/α-hetero) is 1. The van der Waals surface area contributed by atoms with Gasteiger partial charge in [0.25, 0.3) is 11.7 Å². The van der Waals surface area contributed by atoms with Crippen LogP contribution in [0.2, 0.25) is 0 Å². The fourth-order valence-corrected chi connectivity index (χ4v) is 4.65. The number of hydrogen-bond acceptors (Lipinski definition) is 7. The molecule has 2 heterocycles. The molecule has 1 amide bonds. The summed E-state index contributed by atoms with van der Waals surface area (Å²) in [5.74, 6) is -1.61. The zero-order valence-electron chi connectivity index (χ0n) is 20.8. The van der Waals surface area contributed by atoms with Crippen molar-refractivity contribution in [3.63, 3.8) is 0 Å². The number of esters is 1. The molecule has 4 aromatic rings. The summed E-state index contributed by atoms with van der Waals surface area (Å²) in [6.45, 7) is 0.107. The SMILES string of the molecule is COC(=O)c1ccc(C2/C(=C(\O)c3ccc4cc(OC)ccc4c3)C(=O)C(=O)N2Cc2cccnc2)cc1. The van der Waals surface area contributed by atoms with Crippen LogP contribution in [0.1, 0.15) is 33.1 Å². The standard InChI is InChI=1S/C30H24N2O6/c1-37-24-12-11-21-14-23(10-9-22(21)15-24)27(33)25-26(19-5-7-20(8-6-19)30(36)38-2)32(29(35)28(25)34)17-18-4-3-13-31-16-18/h3-16,26,33H,17H2,1-2H3/b27-25+. The number of methoxy groups -OCH3 is 2. The quantitative estimate of drug-likeness (QED) is 0.175. The first-order valence-corrected chi connectivity index (χ1v) is 11.8. The van der Waals surface area contributed by atoms with Gasteiger partial charge in [-0.3, -0.25) is 14.6 Å². The zero-order chi connectivity index (χ0) is 26.8. The fraction of sp³-hybridized carbons (Fsp3) is 0.133. The van der Waals surface area contributed by atoms with Crippen LogP contribution in [0.4, 0.5) is 0 Å². The summed E-state index contributed by atoms with van der Waals surface area (Å²) in [5, 5.41) is 13.2.